The van der Waals surface area contributed by atoms with E-state index in [0.29, 0.717) is 0 Å². The Morgan fingerprint density at radius 2 is 1.80 bits per heavy atom. The molecule has 1 heteroatoms. The highest BCUT2D eigenvalue weighted by molar-refractivity contribution is 5.11. The van der Waals surface area contributed by atoms with E-state index in [2.05, 4.69) is 6.92 Å². The maximum Gasteiger partial charge on any atom is 0.0774 e. The molecule has 0 saturated heterocycles. The Kier molecular flexibility index (Phi) is 4.05. The summed E-state index contributed by atoms with van der Waals surface area (Å²) in [5.74, 6) is 0. The third-order valence-corrected chi connectivity index (χ3v) is 0.862. The van der Waals surface area contributed by atoms with Crippen molar-refractivity contribution in [3.8, 4) is 0 Å². The van der Waals surface area contributed by atoms with Gasteiger partial charge in [-0.05, 0) is 27.2 Å². The topological polar surface area (TPSA) is 20.2 Å². The van der Waals surface area contributed by atoms with E-state index < -0.39 is 5.60 Å². The second-order valence-electron chi connectivity index (χ2n) is 2.63. The lowest BCUT2D eigenvalue weighted by molar-refractivity contribution is 0.133. The lowest BCUT2D eigenvalue weighted by Gasteiger charge is -2.08. The van der Waals surface area contributed by atoms with Gasteiger partial charge in [0.2, 0.25) is 0 Å². The van der Waals surface area contributed by atoms with E-state index in [4.69, 9.17) is 0 Å². The molecule has 0 aliphatic rings. The van der Waals surface area contributed by atoms with Gasteiger partial charge in [-0.1, -0.05) is 24.3 Å². The van der Waals surface area contributed by atoms with Gasteiger partial charge in [0.05, 0.1) is 5.60 Å². The summed E-state index contributed by atoms with van der Waals surface area (Å²) in [7, 11) is 0. The van der Waals surface area contributed by atoms with E-state index in [9.17, 15) is 5.11 Å². The Balaban J connectivity index is 3.66. The monoisotopic (exact) mass is 138 g/mol. The summed E-state index contributed by atoms with van der Waals surface area (Å²) < 4.78 is 0. The molecule has 0 aromatic rings. The van der Waals surface area contributed by atoms with Gasteiger partial charge in [0.25, 0.3) is 0 Å². The lowest BCUT2D eigenvalue weighted by atomic mass is 10.1. The molecule has 0 atom stereocenters. The third kappa shape index (κ3) is 7.44. The van der Waals surface area contributed by atoms with Gasteiger partial charge in [0.15, 0.2) is 0 Å². The molecule has 2 radical (unpaired) electrons. The predicted molar refractivity (Wildman–Crippen MR) is 44.2 cm³/mol. The molecule has 0 heterocycles. The second-order valence-corrected chi connectivity index (χ2v) is 2.63. The van der Waals surface area contributed by atoms with Crippen molar-refractivity contribution < 1.29 is 5.11 Å². The molecular weight excluding hydrogens is 124 g/mol. The SMILES string of the molecule is [CH2][CH]C=CC=CC(C)(C)O. The fourth-order valence-electron chi connectivity index (χ4n) is 0.434. The Labute approximate surface area is 63.1 Å². The quantitative estimate of drug-likeness (QED) is 0.591. The van der Waals surface area contributed by atoms with Gasteiger partial charge in [0, 0.05) is 0 Å². The minimum atomic E-state index is -0.717. The van der Waals surface area contributed by atoms with Gasteiger partial charge in [0.1, 0.15) is 0 Å². The van der Waals surface area contributed by atoms with Crippen LogP contribution in [0.1, 0.15) is 13.8 Å². The number of aliphatic hydroxyl groups is 1. The van der Waals surface area contributed by atoms with Gasteiger partial charge in [-0.25, -0.2) is 0 Å². The van der Waals surface area contributed by atoms with Crippen molar-refractivity contribution in [3.63, 3.8) is 0 Å². The number of hydrogen-bond acceptors (Lipinski definition) is 1. The van der Waals surface area contributed by atoms with Gasteiger partial charge < -0.3 is 5.11 Å². The first kappa shape index (κ1) is 9.44. The standard InChI is InChI=1S/C9H14O/c1-4-5-6-7-8-9(2,3)10/h4-8,10H,1H2,2-3H3. The van der Waals surface area contributed by atoms with Gasteiger partial charge >= 0.3 is 0 Å². The molecule has 1 N–H and O–H groups in total. The molecule has 0 aromatic carbocycles. The average molecular weight is 138 g/mol. The predicted octanol–water partition coefficient (Wildman–Crippen LogP) is 1.91. The summed E-state index contributed by atoms with van der Waals surface area (Å²) in [4.78, 5) is 0. The molecule has 1 nitrogen and oxygen atoms in total. The van der Waals surface area contributed by atoms with E-state index in [-0.39, 0.29) is 0 Å². The van der Waals surface area contributed by atoms with E-state index in [0.717, 1.165) is 0 Å². The van der Waals surface area contributed by atoms with E-state index in [1.807, 2.05) is 12.2 Å². The third-order valence-electron chi connectivity index (χ3n) is 0.862. The van der Waals surface area contributed by atoms with Crippen LogP contribution < -0.4 is 0 Å². The number of hydrogen-bond donors (Lipinski definition) is 1. The molecule has 0 unspecified atom stereocenters. The summed E-state index contributed by atoms with van der Waals surface area (Å²) in [5.41, 5.74) is -0.717. The average Bonchev–Trinajstić information content (AvgIpc) is 1.78. The molecular formula is C9H14O. The lowest BCUT2D eigenvalue weighted by Crippen LogP contribution is -2.13. The first-order valence-electron chi connectivity index (χ1n) is 3.25. The van der Waals surface area contributed by atoms with Crippen LogP contribution in [0.25, 0.3) is 0 Å². The Morgan fingerprint density at radius 1 is 1.20 bits per heavy atom. The maximum atomic E-state index is 9.17. The molecule has 0 fully saturated rings. The molecule has 0 aliphatic heterocycles. The van der Waals surface area contributed by atoms with Crippen LogP contribution in [0.15, 0.2) is 24.3 Å². The van der Waals surface area contributed by atoms with Gasteiger partial charge in [-0.15, -0.1) is 0 Å². The highest BCUT2D eigenvalue weighted by Crippen LogP contribution is 2.01. The van der Waals surface area contributed by atoms with Crippen LogP contribution in [-0.2, 0) is 0 Å². The van der Waals surface area contributed by atoms with Gasteiger partial charge in [-0.3, -0.25) is 0 Å². The Bertz CT molecular complexity index is 126. The Hall–Kier alpha value is -0.560. The minimum absolute atomic E-state index is 0.717. The minimum Gasteiger partial charge on any atom is -0.386 e. The summed E-state index contributed by atoms with van der Waals surface area (Å²) >= 11 is 0. The first-order valence-corrected chi connectivity index (χ1v) is 3.25. The van der Waals surface area contributed by atoms with E-state index in [1.165, 1.54) is 0 Å². The number of rotatable bonds is 3. The van der Waals surface area contributed by atoms with Crippen molar-refractivity contribution in [2.45, 2.75) is 19.4 Å². The summed E-state index contributed by atoms with van der Waals surface area (Å²) in [6.45, 7) is 6.97. The van der Waals surface area contributed by atoms with Crippen LogP contribution in [-0.4, -0.2) is 10.7 Å². The van der Waals surface area contributed by atoms with Crippen LogP contribution in [0.2, 0.25) is 0 Å². The maximum absolute atomic E-state index is 9.17. The van der Waals surface area contributed by atoms with Crippen LogP contribution in [0, 0.1) is 13.3 Å². The fourth-order valence-corrected chi connectivity index (χ4v) is 0.434. The second kappa shape index (κ2) is 4.29. The molecule has 0 spiro atoms. The number of allylic oxidation sites excluding steroid dienone is 3. The van der Waals surface area contributed by atoms with Crippen LogP contribution in [0.5, 0.6) is 0 Å². The van der Waals surface area contributed by atoms with Crippen molar-refractivity contribution in [2.24, 2.45) is 0 Å². The molecule has 0 bridgehead atoms. The van der Waals surface area contributed by atoms with Crippen molar-refractivity contribution >= 4 is 0 Å². The van der Waals surface area contributed by atoms with Crippen molar-refractivity contribution in [1.82, 2.24) is 0 Å². The summed E-state index contributed by atoms with van der Waals surface area (Å²) in [5, 5.41) is 9.17. The van der Waals surface area contributed by atoms with Crippen LogP contribution in [0.4, 0.5) is 0 Å². The van der Waals surface area contributed by atoms with E-state index in [1.54, 1.807) is 32.4 Å². The Morgan fingerprint density at radius 3 is 2.20 bits per heavy atom. The summed E-state index contributed by atoms with van der Waals surface area (Å²) in [6.07, 6.45) is 8.83. The highest BCUT2D eigenvalue weighted by atomic mass is 16.3. The van der Waals surface area contributed by atoms with Gasteiger partial charge in [-0.2, -0.15) is 0 Å². The zero-order chi connectivity index (χ0) is 8.04. The zero-order valence-electron chi connectivity index (χ0n) is 6.54. The molecule has 0 rings (SSSR count). The van der Waals surface area contributed by atoms with Crippen molar-refractivity contribution in [2.75, 3.05) is 0 Å². The molecule has 0 saturated carbocycles. The van der Waals surface area contributed by atoms with Crippen molar-refractivity contribution in [3.05, 3.63) is 37.6 Å². The first-order chi connectivity index (χ1) is 4.56. The van der Waals surface area contributed by atoms with Crippen LogP contribution >= 0.6 is 0 Å². The molecule has 0 aliphatic carbocycles. The normalized spacial score (nSPS) is 13.6. The zero-order valence-corrected chi connectivity index (χ0v) is 6.54. The summed E-state index contributed by atoms with van der Waals surface area (Å²) in [6, 6.07) is 0. The van der Waals surface area contributed by atoms with Crippen molar-refractivity contribution in [1.29, 1.82) is 0 Å². The van der Waals surface area contributed by atoms with E-state index >= 15 is 0 Å². The highest BCUT2D eigenvalue weighted by Gasteiger charge is 2.03. The molecule has 0 amide bonds. The van der Waals surface area contributed by atoms with Crippen LogP contribution in [0.3, 0.4) is 0 Å². The molecule has 10 heavy (non-hydrogen) atoms. The smallest absolute Gasteiger partial charge is 0.0774 e. The molecule has 56 valence electrons. The largest absolute Gasteiger partial charge is 0.386 e. The molecule has 0 aromatic heterocycles. The fraction of sp³-hybridized carbons (Fsp3) is 0.333.